The Hall–Kier alpha value is -0.870. The van der Waals surface area contributed by atoms with Crippen LogP contribution in [0.4, 0.5) is 5.69 Å². The van der Waals surface area contributed by atoms with Crippen molar-refractivity contribution in [2.45, 2.75) is 13.8 Å². The van der Waals surface area contributed by atoms with Gasteiger partial charge in [0.15, 0.2) is 5.15 Å². The molecule has 0 radical (unpaired) electrons. The van der Waals surface area contributed by atoms with Gasteiger partial charge in [-0.25, -0.2) is 0 Å². The molecule has 84 valence electrons. The highest BCUT2D eigenvalue weighted by atomic mass is 35.5. The molecule has 0 fully saturated rings. The van der Waals surface area contributed by atoms with E-state index in [1.807, 2.05) is 0 Å². The maximum absolute atomic E-state index is 5.72. The number of hydrogen-bond donors (Lipinski definition) is 1. The van der Waals surface area contributed by atoms with Crippen molar-refractivity contribution in [3.63, 3.8) is 0 Å². The van der Waals surface area contributed by atoms with Crippen molar-refractivity contribution < 1.29 is 0 Å². The molecule has 0 saturated carbocycles. The van der Waals surface area contributed by atoms with Gasteiger partial charge in [-0.1, -0.05) is 25.4 Å². The average Bonchev–Trinajstić information content (AvgIpc) is 2.25. The molecule has 0 saturated heterocycles. The fourth-order valence-electron chi connectivity index (χ4n) is 1.34. The van der Waals surface area contributed by atoms with Crippen LogP contribution in [-0.4, -0.2) is 41.3 Å². The monoisotopic (exact) mass is 228 g/mol. The zero-order chi connectivity index (χ0) is 11.1. The number of rotatable bonds is 6. The third-order valence-corrected chi connectivity index (χ3v) is 2.46. The Balaban J connectivity index is 2.31. The van der Waals surface area contributed by atoms with Crippen molar-refractivity contribution in [1.82, 2.24) is 15.1 Å². The number of nitrogens with zero attached hydrogens (tertiary/aromatic N) is 3. The average molecular weight is 229 g/mol. The second kappa shape index (κ2) is 6.58. The summed E-state index contributed by atoms with van der Waals surface area (Å²) in [4.78, 5) is 2.35. The standard InChI is InChI=1S/C10H17ClN4/c1-3-15(4-2)6-5-12-9-7-10(11)14-13-8-9/h7-8H,3-6H2,1-2H3,(H,12,14). The zero-order valence-corrected chi connectivity index (χ0v) is 9.96. The van der Waals surface area contributed by atoms with Crippen LogP contribution in [0.5, 0.6) is 0 Å². The second-order valence-electron chi connectivity index (χ2n) is 3.22. The molecule has 1 N–H and O–H groups in total. The summed E-state index contributed by atoms with van der Waals surface area (Å²) in [5, 5.41) is 11.1. The summed E-state index contributed by atoms with van der Waals surface area (Å²) in [6.45, 7) is 8.39. The lowest BCUT2D eigenvalue weighted by Gasteiger charge is -2.18. The summed E-state index contributed by atoms with van der Waals surface area (Å²) in [7, 11) is 0. The highest BCUT2D eigenvalue weighted by Crippen LogP contribution is 2.09. The molecular formula is C10H17ClN4. The van der Waals surface area contributed by atoms with E-state index in [0.717, 1.165) is 31.9 Å². The van der Waals surface area contributed by atoms with Crippen LogP contribution in [0.1, 0.15) is 13.8 Å². The van der Waals surface area contributed by atoms with Gasteiger partial charge in [0.2, 0.25) is 0 Å². The molecule has 0 aliphatic carbocycles. The predicted molar refractivity (Wildman–Crippen MR) is 63.3 cm³/mol. The number of anilines is 1. The van der Waals surface area contributed by atoms with Crippen LogP contribution < -0.4 is 5.32 Å². The quantitative estimate of drug-likeness (QED) is 0.808. The van der Waals surface area contributed by atoms with Crippen LogP contribution >= 0.6 is 11.6 Å². The molecule has 1 heterocycles. The van der Waals surface area contributed by atoms with E-state index in [1.54, 1.807) is 12.3 Å². The first kappa shape index (κ1) is 12.2. The van der Waals surface area contributed by atoms with Crippen molar-refractivity contribution >= 4 is 17.3 Å². The Morgan fingerprint density at radius 2 is 2.13 bits per heavy atom. The van der Waals surface area contributed by atoms with Crippen molar-refractivity contribution in [3.8, 4) is 0 Å². The maximum atomic E-state index is 5.72. The second-order valence-corrected chi connectivity index (χ2v) is 3.61. The number of aromatic nitrogens is 2. The van der Waals surface area contributed by atoms with Gasteiger partial charge in [0.25, 0.3) is 0 Å². The van der Waals surface area contributed by atoms with E-state index in [-0.39, 0.29) is 0 Å². The predicted octanol–water partition coefficient (Wildman–Crippen LogP) is 1.88. The Morgan fingerprint density at radius 1 is 1.40 bits per heavy atom. The van der Waals surface area contributed by atoms with Crippen LogP contribution in [0.2, 0.25) is 5.15 Å². The minimum absolute atomic E-state index is 0.419. The lowest BCUT2D eigenvalue weighted by atomic mass is 10.4. The molecule has 0 unspecified atom stereocenters. The molecule has 1 aromatic heterocycles. The van der Waals surface area contributed by atoms with Crippen LogP contribution in [0.15, 0.2) is 12.3 Å². The third kappa shape index (κ3) is 4.44. The summed E-state index contributed by atoms with van der Waals surface area (Å²) in [6, 6.07) is 1.77. The third-order valence-electron chi connectivity index (χ3n) is 2.28. The summed E-state index contributed by atoms with van der Waals surface area (Å²) >= 11 is 5.72. The van der Waals surface area contributed by atoms with Gasteiger partial charge in [-0.2, -0.15) is 5.10 Å². The van der Waals surface area contributed by atoms with Crippen molar-refractivity contribution in [2.24, 2.45) is 0 Å². The van der Waals surface area contributed by atoms with Gasteiger partial charge < -0.3 is 10.2 Å². The molecule has 4 nitrogen and oxygen atoms in total. The smallest absolute Gasteiger partial charge is 0.153 e. The van der Waals surface area contributed by atoms with E-state index in [9.17, 15) is 0 Å². The largest absolute Gasteiger partial charge is 0.382 e. The highest BCUT2D eigenvalue weighted by molar-refractivity contribution is 6.29. The van der Waals surface area contributed by atoms with E-state index >= 15 is 0 Å². The summed E-state index contributed by atoms with van der Waals surface area (Å²) in [5.74, 6) is 0. The van der Waals surface area contributed by atoms with E-state index < -0.39 is 0 Å². The van der Waals surface area contributed by atoms with Crippen LogP contribution in [0.25, 0.3) is 0 Å². The Morgan fingerprint density at radius 3 is 2.73 bits per heavy atom. The molecule has 1 aromatic rings. The van der Waals surface area contributed by atoms with Crippen molar-refractivity contribution in [2.75, 3.05) is 31.5 Å². The molecule has 5 heteroatoms. The lowest BCUT2D eigenvalue weighted by Crippen LogP contribution is -2.28. The lowest BCUT2D eigenvalue weighted by molar-refractivity contribution is 0.316. The first-order chi connectivity index (χ1) is 7.26. The Bertz CT molecular complexity index is 289. The summed E-state index contributed by atoms with van der Waals surface area (Å²) in [5.41, 5.74) is 0.919. The van der Waals surface area contributed by atoms with E-state index in [2.05, 4.69) is 34.3 Å². The number of halogens is 1. The van der Waals surface area contributed by atoms with Gasteiger partial charge in [0, 0.05) is 19.2 Å². The molecule has 0 atom stereocenters. The zero-order valence-electron chi connectivity index (χ0n) is 9.20. The van der Waals surface area contributed by atoms with Gasteiger partial charge in [0.1, 0.15) is 0 Å². The topological polar surface area (TPSA) is 41.0 Å². The first-order valence-electron chi connectivity index (χ1n) is 5.20. The van der Waals surface area contributed by atoms with E-state index in [4.69, 9.17) is 11.6 Å². The molecule has 1 rings (SSSR count). The summed E-state index contributed by atoms with van der Waals surface area (Å²) < 4.78 is 0. The van der Waals surface area contributed by atoms with Crippen LogP contribution in [-0.2, 0) is 0 Å². The normalized spacial score (nSPS) is 10.7. The van der Waals surface area contributed by atoms with Crippen molar-refractivity contribution in [3.05, 3.63) is 17.4 Å². The highest BCUT2D eigenvalue weighted by Gasteiger charge is 1.99. The Kier molecular flexibility index (Phi) is 5.36. The van der Waals surface area contributed by atoms with E-state index in [1.165, 1.54) is 0 Å². The number of likely N-dealkylation sites (N-methyl/N-ethyl adjacent to an activating group) is 1. The van der Waals surface area contributed by atoms with Gasteiger partial charge >= 0.3 is 0 Å². The molecule has 0 aromatic carbocycles. The minimum atomic E-state index is 0.419. The number of nitrogens with one attached hydrogen (secondary N) is 1. The molecule has 0 spiro atoms. The SMILES string of the molecule is CCN(CC)CCNc1cnnc(Cl)c1. The van der Waals surface area contributed by atoms with Gasteiger partial charge in [-0.15, -0.1) is 5.10 Å². The molecule has 15 heavy (non-hydrogen) atoms. The van der Waals surface area contributed by atoms with Crippen molar-refractivity contribution in [1.29, 1.82) is 0 Å². The fraction of sp³-hybridized carbons (Fsp3) is 0.600. The van der Waals surface area contributed by atoms with E-state index in [0.29, 0.717) is 5.15 Å². The summed E-state index contributed by atoms with van der Waals surface area (Å²) in [6.07, 6.45) is 1.67. The van der Waals surface area contributed by atoms with Crippen LogP contribution in [0.3, 0.4) is 0 Å². The Labute approximate surface area is 95.6 Å². The fourth-order valence-corrected chi connectivity index (χ4v) is 1.50. The molecule has 0 aliphatic heterocycles. The maximum Gasteiger partial charge on any atom is 0.153 e. The molecule has 0 amide bonds. The molecule has 0 aliphatic rings. The van der Waals surface area contributed by atoms with Gasteiger partial charge in [-0.05, 0) is 13.1 Å². The van der Waals surface area contributed by atoms with Gasteiger partial charge in [-0.3, -0.25) is 0 Å². The molecule has 0 bridgehead atoms. The van der Waals surface area contributed by atoms with Crippen LogP contribution in [0, 0.1) is 0 Å². The molecular weight excluding hydrogens is 212 g/mol. The van der Waals surface area contributed by atoms with Gasteiger partial charge in [0.05, 0.1) is 11.9 Å². The number of hydrogen-bond acceptors (Lipinski definition) is 4. The minimum Gasteiger partial charge on any atom is -0.382 e. The first-order valence-corrected chi connectivity index (χ1v) is 5.58.